The number of benzene rings is 2. The van der Waals surface area contributed by atoms with Crippen LogP contribution in [0.2, 0.25) is 0 Å². The molecule has 152 valence electrons. The lowest BCUT2D eigenvalue weighted by atomic mass is 10.1. The average molecular weight is 421 g/mol. The minimum atomic E-state index is -0.315. The van der Waals surface area contributed by atoms with E-state index in [1.54, 1.807) is 0 Å². The molecule has 2 aromatic heterocycles. The van der Waals surface area contributed by atoms with Crippen molar-refractivity contribution in [3.63, 3.8) is 0 Å². The fourth-order valence-electron chi connectivity index (χ4n) is 3.13. The summed E-state index contributed by atoms with van der Waals surface area (Å²) in [5.41, 5.74) is 2.09. The Bertz CT molecular complexity index is 1170. The molecule has 5 rings (SSSR count). The Morgan fingerprint density at radius 2 is 1.87 bits per heavy atom. The van der Waals surface area contributed by atoms with Gasteiger partial charge in [-0.3, -0.25) is 0 Å². The van der Waals surface area contributed by atoms with Gasteiger partial charge in [0, 0.05) is 12.6 Å². The molecule has 0 bridgehead atoms. The van der Waals surface area contributed by atoms with E-state index < -0.39 is 0 Å². The Morgan fingerprint density at radius 3 is 2.70 bits per heavy atom. The maximum Gasteiger partial charge on any atom is 0.257 e. The molecule has 2 aromatic carbocycles. The molecule has 0 spiro atoms. The Morgan fingerprint density at radius 1 is 1.07 bits per heavy atom. The zero-order valence-electron chi connectivity index (χ0n) is 16.5. The third-order valence-electron chi connectivity index (χ3n) is 4.76. The van der Waals surface area contributed by atoms with Crippen molar-refractivity contribution >= 4 is 11.8 Å². The van der Waals surface area contributed by atoms with E-state index in [-0.39, 0.29) is 6.10 Å². The molecule has 0 unspecified atom stereocenters. The molecule has 0 fully saturated rings. The minimum Gasteiger partial charge on any atom is -0.485 e. The van der Waals surface area contributed by atoms with E-state index in [9.17, 15) is 0 Å². The van der Waals surface area contributed by atoms with Crippen molar-refractivity contribution in [2.45, 2.75) is 23.9 Å². The van der Waals surface area contributed by atoms with Crippen LogP contribution in [-0.4, -0.2) is 31.5 Å². The summed E-state index contributed by atoms with van der Waals surface area (Å²) in [6.07, 6.45) is -0.315. The highest BCUT2D eigenvalue weighted by Gasteiger charge is 2.27. The van der Waals surface area contributed by atoms with Crippen LogP contribution in [0.1, 0.15) is 23.3 Å². The van der Waals surface area contributed by atoms with E-state index in [2.05, 4.69) is 20.3 Å². The van der Waals surface area contributed by atoms with E-state index in [1.165, 1.54) is 17.3 Å². The van der Waals surface area contributed by atoms with Crippen molar-refractivity contribution in [1.82, 2.24) is 24.9 Å². The normalized spacial score (nSPS) is 15.3. The molecule has 8 nitrogen and oxygen atoms in total. The smallest absolute Gasteiger partial charge is 0.257 e. The second-order valence-corrected chi connectivity index (χ2v) is 7.88. The summed E-state index contributed by atoms with van der Waals surface area (Å²) in [7, 11) is 1.91. The van der Waals surface area contributed by atoms with E-state index in [0.29, 0.717) is 35.6 Å². The summed E-state index contributed by atoms with van der Waals surface area (Å²) in [5, 5.41) is 13.4. The van der Waals surface area contributed by atoms with Crippen molar-refractivity contribution in [2.24, 2.45) is 7.05 Å². The van der Waals surface area contributed by atoms with Gasteiger partial charge in [0.15, 0.2) is 34.4 Å². The monoisotopic (exact) mass is 421 g/mol. The predicted octanol–water partition coefficient (Wildman–Crippen LogP) is 3.98. The Balaban J connectivity index is 1.26. The van der Waals surface area contributed by atoms with E-state index in [4.69, 9.17) is 14.0 Å². The molecule has 9 heteroatoms. The molecule has 0 saturated carbocycles. The Labute approximate surface area is 177 Å². The van der Waals surface area contributed by atoms with Gasteiger partial charge in [-0.2, -0.15) is 4.98 Å². The SMILES string of the molecule is Cc1ccc(-c2nc(CSc3nnc([C@H]4COc5ccccc5O4)n3C)no2)cc1. The Kier molecular flexibility index (Phi) is 4.88. The fraction of sp³-hybridized carbons (Fsp3) is 0.238. The number of thioether (sulfide) groups is 1. The lowest BCUT2D eigenvalue weighted by Crippen LogP contribution is -2.24. The van der Waals surface area contributed by atoms with Crippen molar-refractivity contribution in [1.29, 1.82) is 0 Å². The average Bonchev–Trinajstić information content (AvgIpc) is 3.39. The molecule has 0 radical (unpaired) electrons. The van der Waals surface area contributed by atoms with Crippen LogP contribution < -0.4 is 9.47 Å². The first-order valence-corrected chi connectivity index (χ1v) is 10.5. The highest BCUT2D eigenvalue weighted by Crippen LogP contribution is 2.36. The fourth-order valence-corrected chi connectivity index (χ4v) is 3.90. The highest BCUT2D eigenvalue weighted by atomic mass is 32.2. The Hall–Kier alpha value is -3.33. The van der Waals surface area contributed by atoms with Gasteiger partial charge in [0.05, 0.1) is 5.75 Å². The zero-order valence-corrected chi connectivity index (χ0v) is 17.3. The summed E-state index contributed by atoms with van der Waals surface area (Å²) in [6.45, 7) is 2.43. The standard InChI is InChI=1S/C21H19N5O3S/c1-13-7-9-14(10-8-13)20-22-18(25-29-20)12-30-21-24-23-19(26(21)2)17-11-27-15-5-3-4-6-16(15)28-17/h3-10,17H,11-12H2,1-2H3/t17-/m1/s1. The van der Waals surface area contributed by atoms with Gasteiger partial charge in [0.25, 0.3) is 5.89 Å². The number of rotatable bonds is 5. The van der Waals surface area contributed by atoms with E-state index in [1.807, 2.05) is 67.1 Å². The lowest BCUT2D eigenvalue weighted by molar-refractivity contribution is 0.0825. The second-order valence-electron chi connectivity index (χ2n) is 6.93. The van der Waals surface area contributed by atoms with Crippen molar-refractivity contribution in [3.05, 3.63) is 65.7 Å². The molecule has 3 heterocycles. The zero-order chi connectivity index (χ0) is 20.5. The van der Waals surface area contributed by atoms with Crippen molar-refractivity contribution < 1.29 is 14.0 Å². The predicted molar refractivity (Wildman–Crippen MR) is 110 cm³/mol. The maximum absolute atomic E-state index is 6.04. The first kappa shape index (κ1) is 18.7. The quantitative estimate of drug-likeness (QED) is 0.447. The molecule has 0 aliphatic carbocycles. The molecule has 4 aromatic rings. The van der Waals surface area contributed by atoms with Crippen LogP contribution in [0.25, 0.3) is 11.5 Å². The molecule has 1 atom stereocenters. The van der Waals surface area contributed by atoms with Gasteiger partial charge >= 0.3 is 0 Å². The van der Waals surface area contributed by atoms with Crippen LogP contribution in [0.4, 0.5) is 0 Å². The molecular formula is C21H19N5O3S. The molecule has 1 aliphatic heterocycles. The number of nitrogens with zero attached hydrogens (tertiary/aromatic N) is 5. The summed E-state index contributed by atoms with van der Waals surface area (Å²) < 4.78 is 19.1. The minimum absolute atomic E-state index is 0.315. The van der Waals surface area contributed by atoms with Crippen LogP contribution in [0.3, 0.4) is 0 Å². The van der Waals surface area contributed by atoms with Gasteiger partial charge in [-0.05, 0) is 31.2 Å². The summed E-state index contributed by atoms with van der Waals surface area (Å²) in [6, 6.07) is 15.6. The van der Waals surface area contributed by atoms with E-state index >= 15 is 0 Å². The van der Waals surface area contributed by atoms with Gasteiger partial charge in [-0.15, -0.1) is 10.2 Å². The molecule has 1 aliphatic rings. The first-order valence-electron chi connectivity index (χ1n) is 9.47. The summed E-state index contributed by atoms with van der Waals surface area (Å²) in [4.78, 5) is 4.48. The molecule has 0 N–H and O–H groups in total. The van der Waals surface area contributed by atoms with Crippen LogP contribution in [0.5, 0.6) is 11.5 Å². The van der Waals surface area contributed by atoms with Gasteiger partial charge < -0.3 is 18.6 Å². The summed E-state index contributed by atoms with van der Waals surface area (Å²) >= 11 is 1.49. The number of aromatic nitrogens is 5. The number of hydrogen-bond acceptors (Lipinski definition) is 8. The number of aryl methyl sites for hydroxylation is 1. The molecule has 0 saturated heterocycles. The number of para-hydroxylation sites is 2. The van der Waals surface area contributed by atoms with Gasteiger partial charge in [-0.1, -0.05) is 46.7 Å². The van der Waals surface area contributed by atoms with Crippen LogP contribution in [0, 0.1) is 6.92 Å². The number of fused-ring (bicyclic) bond motifs is 1. The van der Waals surface area contributed by atoms with Gasteiger partial charge in [-0.25, -0.2) is 0 Å². The van der Waals surface area contributed by atoms with Crippen LogP contribution in [-0.2, 0) is 12.8 Å². The molecule has 0 amide bonds. The van der Waals surface area contributed by atoms with E-state index in [0.717, 1.165) is 16.5 Å². The van der Waals surface area contributed by atoms with Crippen molar-refractivity contribution in [2.75, 3.05) is 6.61 Å². The lowest BCUT2D eigenvalue weighted by Gasteiger charge is -2.25. The maximum atomic E-state index is 6.04. The third-order valence-corrected chi connectivity index (χ3v) is 5.78. The topological polar surface area (TPSA) is 88.1 Å². The van der Waals surface area contributed by atoms with Crippen molar-refractivity contribution in [3.8, 4) is 23.0 Å². The first-order chi connectivity index (χ1) is 14.7. The third kappa shape index (κ3) is 3.63. The molecule has 30 heavy (non-hydrogen) atoms. The largest absolute Gasteiger partial charge is 0.485 e. The second kappa shape index (κ2) is 7.83. The van der Waals surface area contributed by atoms with Crippen LogP contribution in [0.15, 0.2) is 58.2 Å². The highest BCUT2D eigenvalue weighted by molar-refractivity contribution is 7.98. The van der Waals surface area contributed by atoms with Crippen LogP contribution >= 0.6 is 11.8 Å². The molecular weight excluding hydrogens is 402 g/mol. The number of ether oxygens (including phenoxy) is 2. The number of hydrogen-bond donors (Lipinski definition) is 0. The van der Waals surface area contributed by atoms with Gasteiger partial charge in [0.2, 0.25) is 0 Å². The van der Waals surface area contributed by atoms with Gasteiger partial charge in [0.1, 0.15) is 6.61 Å². The summed E-state index contributed by atoms with van der Waals surface area (Å²) in [5.74, 6) is 3.79.